The average molecular weight is 396 g/mol. The molecule has 148 valence electrons. The molecule has 0 aliphatic heterocycles. The highest BCUT2D eigenvalue weighted by Crippen LogP contribution is 2.06. The summed E-state index contributed by atoms with van der Waals surface area (Å²) in [4.78, 5) is 36.5. The molecule has 0 aliphatic rings. The zero-order valence-electron chi connectivity index (χ0n) is 15.3. The number of benzene rings is 1. The number of carbonyl (C=O) groups excluding carboxylic acids is 3. The highest BCUT2D eigenvalue weighted by atomic mass is 32.2. The molecule has 0 fully saturated rings. The molecule has 1 aromatic rings. The first-order valence-electron chi connectivity index (χ1n) is 8.26. The number of esters is 1. The monoisotopic (exact) mass is 396 g/mol. The van der Waals surface area contributed by atoms with Gasteiger partial charge in [0, 0.05) is 18.4 Å². The van der Waals surface area contributed by atoms with Crippen LogP contribution in [-0.2, 0) is 24.2 Å². The van der Waals surface area contributed by atoms with Crippen molar-refractivity contribution in [3.05, 3.63) is 48.6 Å². The molecular formula is C18H24N2O6S. The Hall–Kier alpha value is -2.68. The van der Waals surface area contributed by atoms with Gasteiger partial charge in [0.15, 0.2) is 6.10 Å². The van der Waals surface area contributed by atoms with Gasteiger partial charge in [0.1, 0.15) is 15.9 Å². The smallest absolute Gasteiger partial charge is 0.329 e. The lowest BCUT2D eigenvalue weighted by atomic mass is 10.1. The van der Waals surface area contributed by atoms with E-state index in [1.807, 2.05) is 0 Å². The van der Waals surface area contributed by atoms with Crippen LogP contribution >= 0.6 is 0 Å². The fraction of sp³-hybridized carbons (Fsp3) is 0.389. The summed E-state index contributed by atoms with van der Waals surface area (Å²) in [7, 11) is -3.36. The number of sulfone groups is 1. The van der Waals surface area contributed by atoms with Crippen molar-refractivity contribution in [3.63, 3.8) is 0 Å². The molecule has 0 bridgehead atoms. The summed E-state index contributed by atoms with van der Waals surface area (Å²) < 4.78 is 27.9. The molecule has 8 nitrogen and oxygen atoms in total. The van der Waals surface area contributed by atoms with Gasteiger partial charge in [-0.1, -0.05) is 24.3 Å². The minimum Gasteiger partial charge on any atom is -0.451 e. The summed E-state index contributed by atoms with van der Waals surface area (Å²) in [5, 5.41) is 4.95. The number of hydrogen-bond acceptors (Lipinski definition) is 6. The summed E-state index contributed by atoms with van der Waals surface area (Å²) in [6, 6.07) is 6.95. The van der Waals surface area contributed by atoms with Gasteiger partial charge in [-0.15, -0.1) is 6.58 Å². The highest BCUT2D eigenvalue weighted by Gasteiger charge is 2.27. The Labute approximate surface area is 158 Å². The van der Waals surface area contributed by atoms with Crippen molar-refractivity contribution >= 4 is 27.6 Å². The lowest BCUT2D eigenvalue weighted by molar-refractivity contribution is -0.156. The molecule has 1 rings (SSSR count). The first-order valence-corrected chi connectivity index (χ1v) is 10.3. The van der Waals surface area contributed by atoms with Crippen LogP contribution in [-0.4, -0.2) is 56.9 Å². The van der Waals surface area contributed by atoms with Gasteiger partial charge < -0.3 is 15.4 Å². The number of nitrogens with one attached hydrogen (secondary N) is 2. The molecule has 9 heteroatoms. The van der Waals surface area contributed by atoms with Crippen LogP contribution in [0.2, 0.25) is 0 Å². The molecule has 0 heterocycles. The maximum absolute atomic E-state index is 12.4. The minimum atomic E-state index is -3.36. The summed E-state index contributed by atoms with van der Waals surface area (Å²) in [5.41, 5.74) is 0.312. The van der Waals surface area contributed by atoms with E-state index in [0.29, 0.717) is 5.56 Å². The predicted molar refractivity (Wildman–Crippen MR) is 101 cm³/mol. The van der Waals surface area contributed by atoms with E-state index in [1.165, 1.54) is 13.0 Å². The number of ether oxygens (including phenoxy) is 1. The SMILES string of the molecule is C=CCNC(=O)[C@H](C)OC(=O)[C@@H](CCS(C)(=O)=O)NC(=O)c1ccccc1. The first-order chi connectivity index (χ1) is 12.6. The molecule has 0 unspecified atom stereocenters. The summed E-state index contributed by atoms with van der Waals surface area (Å²) in [6.07, 6.45) is 1.23. The van der Waals surface area contributed by atoms with Gasteiger partial charge in [-0.3, -0.25) is 9.59 Å². The first kappa shape index (κ1) is 22.4. The molecule has 2 amide bonds. The fourth-order valence-electron chi connectivity index (χ4n) is 2.04. The Balaban J connectivity index is 2.83. The lowest BCUT2D eigenvalue weighted by Gasteiger charge is -2.20. The van der Waals surface area contributed by atoms with Crippen molar-refractivity contribution in [1.29, 1.82) is 0 Å². The largest absolute Gasteiger partial charge is 0.451 e. The second kappa shape index (κ2) is 10.5. The highest BCUT2D eigenvalue weighted by molar-refractivity contribution is 7.90. The predicted octanol–water partition coefficient (Wildman–Crippen LogP) is 0.454. The van der Waals surface area contributed by atoms with E-state index in [1.54, 1.807) is 30.3 Å². The molecule has 2 atom stereocenters. The standard InChI is InChI=1S/C18H24N2O6S/c1-4-11-19-16(21)13(2)26-18(23)15(10-12-27(3,24)25)20-17(22)14-8-6-5-7-9-14/h4-9,13,15H,1,10-12H2,2-3H3,(H,19,21)(H,20,22)/t13-,15+/m0/s1. The molecule has 0 radical (unpaired) electrons. The number of hydrogen-bond donors (Lipinski definition) is 2. The minimum absolute atomic E-state index is 0.169. The molecular weight excluding hydrogens is 372 g/mol. The average Bonchev–Trinajstić information content (AvgIpc) is 2.62. The number of rotatable bonds is 10. The van der Waals surface area contributed by atoms with E-state index in [4.69, 9.17) is 4.74 Å². The fourth-order valence-corrected chi connectivity index (χ4v) is 2.70. The van der Waals surface area contributed by atoms with Gasteiger partial charge in [-0.25, -0.2) is 13.2 Å². The normalized spacial score (nSPS) is 13.1. The van der Waals surface area contributed by atoms with Crippen molar-refractivity contribution < 1.29 is 27.5 Å². The summed E-state index contributed by atoms with van der Waals surface area (Å²) >= 11 is 0. The van der Waals surface area contributed by atoms with Crippen molar-refractivity contribution in [2.45, 2.75) is 25.5 Å². The van der Waals surface area contributed by atoms with Gasteiger partial charge >= 0.3 is 5.97 Å². The second-order valence-corrected chi connectivity index (χ2v) is 8.18. The van der Waals surface area contributed by atoms with E-state index in [0.717, 1.165) is 6.26 Å². The van der Waals surface area contributed by atoms with Gasteiger partial charge in [0.05, 0.1) is 5.75 Å². The third-order valence-corrected chi connectivity index (χ3v) is 4.46. The molecule has 0 aliphatic carbocycles. The Morgan fingerprint density at radius 3 is 2.41 bits per heavy atom. The maximum atomic E-state index is 12.4. The van der Waals surface area contributed by atoms with Crippen LogP contribution in [0.3, 0.4) is 0 Å². The van der Waals surface area contributed by atoms with E-state index in [2.05, 4.69) is 17.2 Å². The van der Waals surface area contributed by atoms with Crippen molar-refractivity contribution in [2.24, 2.45) is 0 Å². The molecule has 1 aromatic carbocycles. The summed E-state index contributed by atoms with van der Waals surface area (Å²) in [5.74, 6) is -2.28. The van der Waals surface area contributed by atoms with Crippen LogP contribution in [0.4, 0.5) is 0 Å². The molecule has 0 saturated heterocycles. The lowest BCUT2D eigenvalue weighted by Crippen LogP contribution is -2.45. The summed E-state index contributed by atoms with van der Waals surface area (Å²) in [6.45, 7) is 5.05. The molecule has 0 spiro atoms. The van der Waals surface area contributed by atoms with Crippen molar-refractivity contribution in [3.8, 4) is 0 Å². The maximum Gasteiger partial charge on any atom is 0.329 e. The van der Waals surface area contributed by atoms with Crippen molar-refractivity contribution in [2.75, 3.05) is 18.6 Å². The Morgan fingerprint density at radius 2 is 1.85 bits per heavy atom. The Morgan fingerprint density at radius 1 is 1.22 bits per heavy atom. The van der Waals surface area contributed by atoms with Crippen LogP contribution in [0.1, 0.15) is 23.7 Å². The van der Waals surface area contributed by atoms with Crippen LogP contribution < -0.4 is 10.6 Å². The molecule has 27 heavy (non-hydrogen) atoms. The topological polar surface area (TPSA) is 119 Å². The number of amides is 2. The van der Waals surface area contributed by atoms with Gasteiger partial charge in [0.2, 0.25) is 0 Å². The second-order valence-electron chi connectivity index (χ2n) is 5.92. The third kappa shape index (κ3) is 8.50. The van der Waals surface area contributed by atoms with Crippen molar-refractivity contribution in [1.82, 2.24) is 10.6 Å². The molecule has 2 N–H and O–H groups in total. The quantitative estimate of drug-likeness (QED) is 0.438. The Kier molecular flexibility index (Phi) is 8.67. The van der Waals surface area contributed by atoms with Crippen LogP contribution in [0, 0.1) is 0 Å². The zero-order chi connectivity index (χ0) is 20.4. The van der Waals surface area contributed by atoms with Gasteiger partial charge in [-0.05, 0) is 25.5 Å². The third-order valence-electron chi connectivity index (χ3n) is 3.49. The van der Waals surface area contributed by atoms with E-state index in [9.17, 15) is 22.8 Å². The van der Waals surface area contributed by atoms with Crippen LogP contribution in [0.5, 0.6) is 0 Å². The van der Waals surface area contributed by atoms with Crippen LogP contribution in [0.15, 0.2) is 43.0 Å². The van der Waals surface area contributed by atoms with Gasteiger partial charge in [-0.2, -0.15) is 0 Å². The van der Waals surface area contributed by atoms with E-state index >= 15 is 0 Å². The number of carbonyl (C=O) groups is 3. The van der Waals surface area contributed by atoms with E-state index < -0.39 is 39.8 Å². The van der Waals surface area contributed by atoms with Crippen LogP contribution in [0.25, 0.3) is 0 Å². The Bertz CT molecular complexity index is 776. The zero-order valence-corrected chi connectivity index (χ0v) is 16.1. The van der Waals surface area contributed by atoms with E-state index in [-0.39, 0.29) is 18.7 Å². The van der Waals surface area contributed by atoms with Gasteiger partial charge in [0.25, 0.3) is 11.8 Å². The molecule has 0 saturated carbocycles. The molecule has 0 aromatic heterocycles.